The first-order chi connectivity index (χ1) is 33.7. The highest BCUT2D eigenvalue weighted by molar-refractivity contribution is 6.01. The molecule has 4 bridgehead atoms. The summed E-state index contributed by atoms with van der Waals surface area (Å²) >= 11 is 0. The molecule has 4 aromatic carbocycles. The van der Waals surface area contributed by atoms with Gasteiger partial charge in [-0.15, -0.1) is 0 Å². The number of para-hydroxylation sites is 1. The minimum atomic E-state index is -1.23. The van der Waals surface area contributed by atoms with E-state index < -0.39 is 59.2 Å². The van der Waals surface area contributed by atoms with Crippen molar-refractivity contribution in [1.82, 2.24) is 10.2 Å². The molecule has 14 heteroatoms. The average molecular weight is 960 g/mol. The molecule has 0 aliphatic carbocycles. The maximum absolute atomic E-state index is 14.9. The van der Waals surface area contributed by atoms with Gasteiger partial charge in [-0.2, -0.15) is 0 Å². The van der Waals surface area contributed by atoms with Crippen LogP contribution in [0, 0.1) is 24.7 Å². The van der Waals surface area contributed by atoms with E-state index in [1.54, 1.807) is 74.5 Å². The number of hydrogen-bond acceptors (Lipinski definition) is 12. The first kappa shape index (κ1) is 54.7. The van der Waals surface area contributed by atoms with E-state index in [1.807, 2.05) is 31.2 Å². The molecule has 0 saturated heterocycles. The molecule has 1 heterocycles. The summed E-state index contributed by atoms with van der Waals surface area (Å²) in [6.07, 6.45) is 6.31. The summed E-state index contributed by atoms with van der Waals surface area (Å²) < 4.78 is 17.9. The van der Waals surface area contributed by atoms with Crippen molar-refractivity contribution < 1.29 is 43.0 Å². The first-order valence-corrected chi connectivity index (χ1v) is 24.8. The number of carbonyl (C=O) groups excluding carboxylic acids is 6. The second-order valence-electron chi connectivity index (χ2n) is 18.6. The van der Waals surface area contributed by atoms with E-state index >= 15 is 0 Å². The lowest BCUT2D eigenvalue weighted by Crippen LogP contribution is -2.46. The molecule has 2 amide bonds. The number of nitrogens with two attached hydrogens (primary N) is 3. The molecule has 14 nitrogen and oxygen atoms in total. The molecule has 1 aliphatic heterocycles. The van der Waals surface area contributed by atoms with Crippen molar-refractivity contribution in [2.45, 2.75) is 110 Å². The van der Waals surface area contributed by atoms with Gasteiger partial charge < -0.3 is 41.6 Å². The van der Waals surface area contributed by atoms with E-state index in [4.69, 9.17) is 31.4 Å². The highest BCUT2D eigenvalue weighted by Gasteiger charge is 2.37. The number of amides is 2. The van der Waals surface area contributed by atoms with Crippen LogP contribution in [0.1, 0.15) is 117 Å². The highest BCUT2D eigenvalue weighted by Crippen LogP contribution is 2.41. The number of hydrogen-bond donors (Lipinski definition) is 4. The van der Waals surface area contributed by atoms with Crippen LogP contribution in [0.2, 0.25) is 0 Å². The van der Waals surface area contributed by atoms with Gasteiger partial charge in [0.05, 0.1) is 12.0 Å². The van der Waals surface area contributed by atoms with E-state index in [0.717, 1.165) is 30.4 Å². The standard InChI is InChI=1S/C56H73N5O9/c1-6-7-8-9-11-14-39-17-20-44(36(2)29-39)48(62)35-42(23-24-57)55(66)61(5)53-41-19-22-52(69-28-26-59)46(34-41)45-32-40(18-21-51(45)68-27-25-58)33-47(60-54(65)37(3)30-50(53)64)49(63)31-38(4)56(67)70-43-15-12-10-13-16-43/h10,12-13,15-22,29,32,34,37-38,42,47,53H,6-9,11,14,23-28,30-31,33,35,57-59H2,1-5H3,(H,60,65)/t37-,38-,42-,47+,53+/m1/s1. The number of esters is 1. The maximum Gasteiger partial charge on any atom is 0.314 e. The number of nitrogens with one attached hydrogen (secondary N) is 1. The second-order valence-corrected chi connectivity index (χ2v) is 18.6. The Hall–Kier alpha value is -6.22. The molecule has 7 N–H and O–H groups in total. The number of fused-ring (bicyclic) bond motifs is 5. The van der Waals surface area contributed by atoms with E-state index in [-0.39, 0.29) is 70.7 Å². The predicted octanol–water partition coefficient (Wildman–Crippen LogP) is 7.42. The Kier molecular flexibility index (Phi) is 21.3. The number of ketones is 3. The van der Waals surface area contributed by atoms with Crippen LogP contribution in [0.4, 0.5) is 0 Å². The van der Waals surface area contributed by atoms with Crippen molar-refractivity contribution in [3.63, 3.8) is 0 Å². The molecule has 0 unspecified atom stereocenters. The molecule has 70 heavy (non-hydrogen) atoms. The van der Waals surface area contributed by atoms with E-state index in [1.165, 1.54) is 31.2 Å². The largest absolute Gasteiger partial charge is 0.492 e. The molecular formula is C56H73N5O9. The van der Waals surface area contributed by atoms with Crippen LogP contribution in [0.5, 0.6) is 17.2 Å². The topological polar surface area (TPSA) is 223 Å². The third-order valence-electron chi connectivity index (χ3n) is 12.9. The number of benzene rings is 4. The van der Waals surface area contributed by atoms with Crippen LogP contribution in [0.25, 0.3) is 11.1 Å². The van der Waals surface area contributed by atoms with Gasteiger partial charge in [0.2, 0.25) is 11.8 Å². The number of ether oxygens (including phenoxy) is 3. The number of Topliss-reactive ketones (excluding diaryl/α,β-unsaturated/α-hetero) is 3. The van der Waals surface area contributed by atoms with Crippen molar-refractivity contribution in [2.24, 2.45) is 35.0 Å². The number of rotatable bonds is 24. The van der Waals surface area contributed by atoms with Gasteiger partial charge >= 0.3 is 5.97 Å². The van der Waals surface area contributed by atoms with Crippen LogP contribution >= 0.6 is 0 Å². The molecule has 0 radical (unpaired) electrons. The normalized spacial score (nSPS) is 16.8. The zero-order chi connectivity index (χ0) is 50.7. The third-order valence-corrected chi connectivity index (χ3v) is 12.9. The van der Waals surface area contributed by atoms with Gasteiger partial charge in [-0.3, -0.25) is 28.8 Å². The quantitative estimate of drug-likeness (QED) is 0.0233. The third kappa shape index (κ3) is 15.1. The van der Waals surface area contributed by atoms with Gasteiger partial charge in [0.1, 0.15) is 36.5 Å². The van der Waals surface area contributed by atoms with Crippen LogP contribution in [0.15, 0.2) is 84.9 Å². The van der Waals surface area contributed by atoms with Crippen LogP contribution in [0.3, 0.4) is 0 Å². The fourth-order valence-electron chi connectivity index (χ4n) is 8.98. The number of carbonyl (C=O) groups is 6. The van der Waals surface area contributed by atoms with Crippen LogP contribution in [-0.2, 0) is 36.8 Å². The average Bonchev–Trinajstić information content (AvgIpc) is 3.34. The van der Waals surface area contributed by atoms with Gasteiger partial charge in [0.15, 0.2) is 17.3 Å². The summed E-state index contributed by atoms with van der Waals surface area (Å²) in [4.78, 5) is 86.6. The molecule has 0 spiro atoms. The fraction of sp³-hybridized carbons (Fsp3) is 0.464. The summed E-state index contributed by atoms with van der Waals surface area (Å²) in [7, 11) is 1.53. The smallest absolute Gasteiger partial charge is 0.314 e. The number of nitrogens with zero attached hydrogens (tertiary/aromatic N) is 1. The molecule has 5 rings (SSSR count). The minimum absolute atomic E-state index is 0.0401. The molecule has 1 aliphatic rings. The minimum Gasteiger partial charge on any atom is -0.492 e. The van der Waals surface area contributed by atoms with Gasteiger partial charge in [0, 0.05) is 67.9 Å². The molecule has 0 fully saturated rings. The second kappa shape index (κ2) is 27.2. The Morgan fingerprint density at radius 2 is 1.46 bits per heavy atom. The van der Waals surface area contributed by atoms with Crippen LogP contribution < -0.4 is 36.7 Å². The Balaban J connectivity index is 1.52. The molecule has 376 valence electrons. The van der Waals surface area contributed by atoms with Crippen molar-refractivity contribution in [2.75, 3.05) is 39.9 Å². The monoisotopic (exact) mass is 960 g/mol. The van der Waals surface area contributed by atoms with Gasteiger partial charge in [-0.1, -0.05) is 95.0 Å². The molecule has 0 saturated carbocycles. The summed E-state index contributed by atoms with van der Waals surface area (Å²) in [6, 6.07) is 22.6. The van der Waals surface area contributed by atoms with Crippen molar-refractivity contribution in [1.29, 1.82) is 0 Å². The van der Waals surface area contributed by atoms with E-state index in [2.05, 4.69) is 12.2 Å². The predicted molar refractivity (Wildman–Crippen MR) is 272 cm³/mol. The lowest BCUT2D eigenvalue weighted by Gasteiger charge is -2.32. The van der Waals surface area contributed by atoms with Crippen molar-refractivity contribution in [3.8, 4) is 28.4 Å². The van der Waals surface area contributed by atoms with Gasteiger partial charge in [0.25, 0.3) is 0 Å². The summed E-state index contributed by atoms with van der Waals surface area (Å²) in [5.74, 6) is -4.16. The van der Waals surface area contributed by atoms with E-state index in [0.29, 0.717) is 45.1 Å². The van der Waals surface area contributed by atoms with Gasteiger partial charge in [-0.05, 0) is 97.8 Å². The lowest BCUT2D eigenvalue weighted by atomic mass is 9.87. The van der Waals surface area contributed by atoms with Crippen LogP contribution in [-0.4, -0.2) is 86.0 Å². The van der Waals surface area contributed by atoms with E-state index in [9.17, 15) is 28.8 Å². The Labute approximate surface area is 413 Å². The summed E-state index contributed by atoms with van der Waals surface area (Å²) in [5.41, 5.74) is 22.6. The number of aryl methyl sites for hydroxylation is 2. The summed E-state index contributed by atoms with van der Waals surface area (Å²) in [6.45, 7) is 8.15. The summed E-state index contributed by atoms with van der Waals surface area (Å²) in [5, 5.41) is 2.89. The Morgan fingerprint density at radius 1 is 0.786 bits per heavy atom. The SMILES string of the molecule is CCCCCCCc1ccc(C(=O)C[C@@H](CCN)C(=O)N(C)[C@@H]2C(=O)C[C@@H](C)C(=O)N[C@H](C(=O)C[C@@H](C)C(=O)Oc3ccccc3)Cc3ccc(OCCN)c(c3)-c3cc2ccc3OCCN)c(C)c1. The zero-order valence-corrected chi connectivity index (χ0v) is 41.6. The number of likely N-dealkylation sites (N-methyl/N-ethyl adjacent to an activating group) is 1. The zero-order valence-electron chi connectivity index (χ0n) is 41.6. The molecule has 5 atom stereocenters. The Bertz CT molecular complexity index is 2420. The maximum atomic E-state index is 14.9. The molecule has 4 aromatic rings. The van der Waals surface area contributed by atoms with Crippen molar-refractivity contribution >= 4 is 35.1 Å². The number of unbranched alkanes of at least 4 members (excludes halogenated alkanes) is 4. The van der Waals surface area contributed by atoms with Crippen molar-refractivity contribution in [3.05, 3.63) is 113 Å². The lowest BCUT2D eigenvalue weighted by molar-refractivity contribution is -0.142. The molecular weight excluding hydrogens is 887 g/mol. The molecule has 0 aromatic heterocycles. The Morgan fingerprint density at radius 3 is 2.11 bits per heavy atom. The van der Waals surface area contributed by atoms with Gasteiger partial charge in [-0.25, -0.2) is 0 Å². The first-order valence-electron chi connectivity index (χ1n) is 24.8. The highest BCUT2D eigenvalue weighted by atomic mass is 16.5. The fourth-order valence-corrected chi connectivity index (χ4v) is 8.98.